The quantitative estimate of drug-likeness (QED) is 0.501. The Morgan fingerprint density at radius 3 is 2.88 bits per heavy atom. The molecule has 0 radical (unpaired) electrons. The van der Waals surface area contributed by atoms with E-state index in [1.807, 2.05) is 29.2 Å². The van der Waals surface area contributed by atoms with Gasteiger partial charge in [-0.05, 0) is 43.2 Å². The van der Waals surface area contributed by atoms with E-state index in [1.54, 1.807) is 24.4 Å². The number of anilines is 3. The summed E-state index contributed by atoms with van der Waals surface area (Å²) in [4.78, 5) is 14.4. The van der Waals surface area contributed by atoms with E-state index >= 15 is 0 Å². The molecule has 0 aliphatic carbocycles. The van der Waals surface area contributed by atoms with Crippen LogP contribution in [0, 0.1) is 11.3 Å². The maximum Gasteiger partial charge on any atom is 0.267 e. The lowest BCUT2D eigenvalue weighted by Crippen LogP contribution is -2.25. The molecule has 126 valence electrons. The Hall–Kier alpha value is -2.97. The van der Waals surface area contributed by atoms with E-state index in [0.717, 1.165) is 12.1 Å². The minimum absolute atomic E-state index is 0.0106. The van der Waals surface area contributed by atoms with Gasteiger partial charge < -0.3 is 16.0 Å². The number of benzene rings is 2. The zero-order chi connectivity index (χ0) is 18.0. The average Bonchev–Trinajstić information content (AvgIpc) is 2.90. The Morgan fingerprint density at radius 2 is 2.16 bits per heavy atom. The van der Waals surface area contributed by atoms with Crippen LogP contribution in [0.5, 0.6) is 0 Å². The van der Waals surface area contributed by atoms with Gasteiger partial charge in [0.25, 0.3) is 5.91 Å². The molecule has 0 saturated carbocycles. The van der Waals surface area contributed by atoms with Crippen LogP contribution in [0.2, 0.25) is 5.02 Å². The molecule has 1 atom stereocenters. The van der Waals surface area contributed by atoms with Gasteiger partial charge in [0, 0.05) is 23.6 Å². The lowest BCUT2D eigenvalue weighted by molar-refractivity contribution is -0.112. The predicted octanol–water partition coefficient (Wildman–Crippen LogP) is 3.72. The van der Waals surface area contributed by atoms with Crippen LogP contribution in [0.3, 0.4) is 0 Å². The zero-order valence-corrected chi connectivity index (χ0v) is 14.4. The molecule has 0 spiro atoms. The molecule has 3 rings (SSSR count). The molecule has 2 aromatic rings. The fourth-order valence-corrected chi connectivity index (χ4v) is 3.12. The fraction of sp³-hybridized carbons (Fsp3) is 0.158. The molecule has 1 amide bonds. The number of nitrogens with zero attached hydrogens (tertiary/aromatic N) is 2. The lowest BCUT2D eigenvalue weighted by atomic mass is 10.1. The van der Waals surface area contributed by atoms with Crippen LogP contribution < -0.4 is 16.0 Å². The van der Waals surface area contributed by atoms with Crippen molar-refractivity contribution in [2.75, 3.05) is 16.0 Å². The molecular formula is C19H17ClN4O. The average molecular weight is 353 g/mol. The molecule has 1 heterocycles. The summed E-state index contributed by atoms with van der Waals surface area (Å²) in [5.74, 6) is -0.509. The van der Waals surface area contributed by atoms with Crippen molar-refractivity contribution in [2.45, 2.75) is 19.4 Å². The molecule has 1 unspecified atom stereocenters. The van der Waals surface area contributed by atoms with E-state index in [1.165, 1.54) is 5.56 Å². The van der Waals surface area contributed by atoms with E-state index in [9.17, 15) is 10.1 Å². The van der Waals surface area contributed by atoms with Crippen LogP contribution in [0.15, 0.2) is 54.2 Å². The molecule has 1 aliphatic heterocycles. The Morgan fingerprint density at radius 1 is 1.40 bits per heavy atom. The number of nitrogens with two attached hydrogens (primary N) is 1. The highest BCUT2D eigenvalue weighted by molar-refractivity contribution is 6.34. The van der Waals surface area contributed by atoms with Gasteiger partial charge in [-0.1, -0.05) is 29.8 Å². The minimum atomic E-state index is -0.509. The fourth-order valence-electron chi connectivity index (χ4n) is 2.89. The van der Waals surface area contributed by atoms with Crippen LogP contribution in [-0.2, 0) is 11.2 Å². The number of rotatable bonds is 3. The van der Waals surface area contributed by atoms with E-state index in [4.69, 9.17) is 17.3 Å². The zero-order valence-electron chi connectivity index (χ0n) is 13.7. The van der Waals surface area contributed by atoms with Gasteiger partial charge in [0.05, 0.1) is 10.7 Å². The molecule has 2 aromatic carbocycles. The first-order chi connectivity index (χ1) is 12.0. The second kappa shape index (κ2) is 6.88. The topological polar surface area (TPSA) is 82.2 Å². The number of nitriles is 1. The first-order valence-electron chi connectivity index (χ1n) is 7.84. The first-order valence-corrected chi connectivity index (χ1v) is 8.22. The van der Waals surface area contributed by atoms with E-state index in [2.05, 4.69) is 18.3 Å². The van der Waals surface area contributed by atoms with Gasteiger partial charge >= 0.3 is 0 Å². The highest BCUT2D eigenvalue weighted by Crippen LogP contribution is 2.32. The number of hydrogen-bond donors (Lipinski definition) is 2. The van der Waals surface area contributed by atoms with Gasteiger partial charge in [-0.2, -0.15) is 5.26 Å². The second-order valence-electron chi connectivity index (χ2n) is 5.94. The van der Waals surface area contributed by atoms with E-state index < -0.39 is 5.91 Å². The van der Waals surface area contributed by atoms with Gasteiger partial charge in [0.15, 0.2) is 0 Å². The predicted molar refractivity (Wildman–Crippen MR) is 100 cm³/mol. The number of hydrogen-bond acceptors (Lipinski definition) is 4. The third-order valence-electron chi connectivity index (χ3n) is 4.13. The highest BCUT2D eigenvalue weighted by atomic mass is 35.5. The smallest absolute Gasteiger partial charge is 0.267 e. The van der Waals surface area contributed by atoms with Crippen LogP contribution in [0.1, 0.15) is 12.5 Å². The summed E-state index contributed by atoms with van der Waals surface area (Å²) < 4.78 is 0. The van der Waals surface area contributed by atoms with Gasteiger partial charge in [-0.3, -0.25) is 4.79 Å². The highest BCUT2D eigenvalue weighted by Gasteiger charge is 2.25. The number of fused-ring (bicyclic) bond motifs is 1. The standard InChI is InChI=1S/C19H17ClN4O/c1-12-8-13-4-2-3-5-18(13)24(12)11-14(10-21)19(25)23-17-7-6-15(22)9-16(17)20/h2-7,9,11-12H,8,22H2,1H3,(H,23,25)/b14-11-. The Labute approximate surface area is 151 Å². The molecule has 0 aromatic heterocycles. The van der Waals surface area contributed by atoms with Crippen molar-refractivity contribution in [3.8, 4) is 6.07 Å². The van der Waals surface area contributed by atoms with Crippen LogP contribution in [0.25, 0.3) is 0 Å². The van der Waals surface area contributed by atoms with Gasteiger partial charge in [-0.15, -0.1) is 0 Å². The number of nitrogens with one attached hydrogen (secondary N) is 1. The summed E-state index contributed by atoms with van der Waals surface area (Å²) in [6.45, 7) is 2.06. The summed E-state index contributed by atoms with van der Waals surface area (Å²) in [6.07, 6.45) is 2.47. The van der Waals surface area contributed by atoms with Crippen LogP contribution >= 0.6 is 11.6 Å². The number of carbonyl (C=O) groups is 1. The van der Waals surface area contributed by atoms with Crippen molar-refractivity contribution in [3.63, 3.8) is 0 Å². The number of para-hydroxylation sites is 1. The van der Waals surface area contributed by atoms with E-state index in [-0.39, 0.29) is 11.6 Å². The summed E-state index contributed by atoms with van der Waals surface area (Å²) in [6, 6.07) is 14.9. The molecule has 0 bridgehead atoms. The number of nitrogen functional groups attached to an aromatic ring is 1. The number of halogens is 1. The Bertz CT molecular complexity index is 901. The largest absolute Gasteiger partial charge is 0.399 e. The summed E-state index contributed by atoms with van der Waals surface area (Å²) >= 11 is 6.07. The van der Waals surface area contributed by atoms with Crippen molar-refractivity contribution >= 4 is 34.6 Å². The molecule has 6 heteroatoms. The molecular weight excluding hydrogens is 336 g/mol. The SMILES string of the molecule is CC1Cc2ccccc2N1/C=C(/C#N)C(=O)Nc1ccc(N)cc1Cl. The summed E-state index contributed by atoms with van der Waals surface area (Å²) in [7, 11) is 0. The third-order valence-corrected chi connectivity index (χ3v) is 4.45. The molecule has 5 nitrogen and oxygen atoms in total. The van der Waals surface area contributed by atoms with Crippen molar-refractivity contribution in [3.05, 3.63) is 64.8 Å². The third kappa shape index (κ3) is 3.44. The number of amides is 1. The number of carbonyl (C=O) groups excluding carboxylic acids is 1. The van der Waals surface area contributed by atoms with Crippen LogP contribution in [-0.4, -0.2) is 11.9 Å². The molecule has 3 N–H and O–H groups in total. The van der Waals surface area contributed by atoms with Crippen LogP contribution in [0.4, 0.5) is 17.1 Å². The van der Waals surface area contributed by atoms with Gasteiger partial charge in [-0.25, -0.2) is 0 Å². The summed E-state index contributed by atoms with van der Waals surface area (Å²) in [5, 5.41) is 12.4. The second-order valence-corrected chi connectivity index (χ2v) is 6.34. The van der Waals surface area contributed by atoms with Crippen molar-refractivity contribution < 1.29 is 4.79 Å². The first kappa shape index (κ1) is 16.9. The lowest BCUT2D eigenvalue weighted by Gasteiger charge is -2.20. The van der Waals surface area contributed by atoms with Gasteiger partial charge in [0.2, 0.25) is 0 Å². The maximum atomic E-state index is 12.5. The van der Waals surface area contributed by atoms with Gasteiger partial charge in [0.1, 0.15) is 11.6 Å². The molecule has 1 aliphatic rings. The summed E-state index contributed by atoms with van der Waals surface area (Å²) in [5.41, 5.74) is 8.79. The molecule has 0 saturated heterocycles. The Kier molecular flexibility index (Phi) is 4.64. The molecule has 0 fully saturated rings. The van der Waals surface area contributed by atoms with E-state index in [0.29, 0.717) is 16.4 Å². The Balaban J connectivity index is 1.86. The molecule has 25 heavy (non-hydrogen) atoms. The van der Waals surface area contributed by atoms with Crippen molar-refractivity contribution in [1.82, 2.24) is 0 Å². The van der Waals surface area contributed by atoms with Crippen molar-refractivity contribution in [1.29, 1.82) is 5.26 Å². The minimum Gasteiger partial charge on any atom is -0.399 e. The maximum absolute atomic E-state index is 12.5. The monoisotopic (exact) mass is 352 g/mol. The van der Waals surface area contributed by atoms with Crippen molar-refractivity contribution in [2.24, 2.45) is 0 Å². The normalized spacial score (nSPS) is 16.3.